The molecule has 0 spiro atoms. The van der Waals surface area contributed by atoms with Crippen LogP contribution in [0.15, 0.2) is 58.1 Å². The smallest absolute Gasteiger partial charge is 0.336 e. The highest BCUT2D eigenvalue weighted by atomic mass is 16.2. The summed E-state index contributed by atoms with van der Waals surface area (Å²) in [6.07, 6.45) is 0.796. The molecule has 0 aliphatic carbocycles. The summed E-state index contributed by atoms with van der Waals surface area (Å²) in [5.41, 5.74) is 0.971. The third-order valence-corrected chi connectivity index (χ3v) is 4.63. The van der Waals surface area contributed by atoms with Crippen molar-refractivity contribution in [1.82, 2.24) is 14.5 Å². The number of amides is 1. The van der Waals surface area contributed by atoms with Crippen LogP contribution in [0, 0.1) is 6.92 Å². The van der Waals surface area contributed by atoms with Crippen LogP contribution in [-0.2, 0) is 11.3 Å². The number of aromatic nitrogens is 2. The molecule has 2 aromatic carbocycles. The lowest BCUT2D eigenvalue weighted by molar-refractivity contribution is -0.122. The molecule has 3 aromatic rings. The molecule has 6 nitrogen and oxygen atoms in total. The van der Waals surface area contributed by atoms with Gasteiger partial charge in [-0.2, -0.15) is 0 Å². The summed E-state index contributed by atoms with van der Waals surface area (Å²) in [4.78, 5) is 38.5. The fraction of sp³-hybridized carbons (Fsp3) is 0.286. The summed E-state index contributed by atoms with van der Waals surface area (Å²) in [6.45, 7) is 5.64. The molecule has 1 heterocycles. The van der Waals surface area contributed by atoms with Gasteiger partial charge in [-0.3, -0.25) is 14.2 Å². The summed E-state index contributed by atoms with van der Waals surface area (Å²) >= 11 is 0. The minimum absolute atomic E-state index is 0.0159. The van der Waals surface area contributed by atoms with Gasteiger partial charge in [0.25, 0.3) is 5.56 Å². The second kappa shape index (κ2) is 7.61. The standard InChI is InChI=1S/C21H23N3O3/c1-4-15(3)22-19(25)13-23-18-11-6-5-10-17(18)20(26)24(21(23)27)16-9-7-8-14(2)12-16/h5-12,15H,4,13H2,1-3H3,(H,22,25)/t15-/m0/s1. The molecule has 140 valence electrons. The SMILES string of the molecule is CC[C@H](C)NC(=O)Cn1c(=O)n(-c2cccc(C)c2)c(=O)c2ccccc21. The molecule has 0 unspecified atom stereocenters. The Morgan fingerprint density at radius 2 is 1.85 bits per heavy atom. The Hall–Kier alpha value is -3.15. The monoisotopic (exact) mass is 365 g/mol. The Morgan fingerprint density at radius 1 is 1.11 bits per heavy atom. The van der Waals surface area contributed by atoms with Crippen molar-refractivity contribution >= 4 is 16.8 Å². The molecule has 1 atom stereocenters. The molecular weight excluding hydrogens is 342 g/mol. The van der Waals surface area contributed by atoms with Crippen LogP contribution in [0.1, 0.15) is 25.8 Å². The van der Waals surface area contributed by atoms with Gasteiger partial charge in [-0.15, -0.1) is 0 Å². The van der Waals surface area contributed by atoms with E-state index < -0.39 is 5.69 Å². The zero-order valence-corrected chi connectivity index (χ0v) is 15.7. The largest absolute Gasteiger partial charge is 0.352 e. The number of hydrogen-bond donors (Lipinski definition) is 1. The Bertz CT molecular complexity index is 1110. The van der Waals surface area contributed by atoms with Crippen molar-refractivity contribution in [3.63, 3.8) is 0 Å². The maximum Gasteiger partial charge on any atom is 0.336 e. The second-order valence-electron chi connectivity index (χ2n) is 6.74. The van der Waals surface area contributed by atoms with E-state index in [1.807, 2.05) is 26.8 Å². The van der Waals surface area contributed by atoms with Crippen LogP contribution in [0.5, 0.6) is 0 Å². The molecule has 0 bridgehead atoms. The van der Waals surface area contributed by atoms with E-state index in [1.165, 1.54) is 4.57 Å². The molecule has 1 amide bonds. The Morgan fingerprint density at radius 3 is 2.56 bits per heavy atom. The van der Waals surface area contributed by atoms with Crippen molar-refractivity contribution in [1.29, 1.82) is 0 Å². The molecule has 1 aromatic heterocycles. The third kappa shape index (κ3) is 3.69. The second-order valence-corrected chi connectivity index (χ2v) is 6.74. The Labute approximate surface area is 157 Å². The van der Waals surface area contributed by atoms with E-state index in [9.17, 15) is 14.4 Å². The topological polar surface area (TPSA) is 73.1 Å². The van der Waals surface area contributed by atoms with Crippen molar-refractivity contribution < 1.29 is 4.79 Å². The summed E-state index contributed by atoms with van der Waals surface area (Å²) in [7, 11) is 0. The average Bonchev–Trinajstić information content (AvgIpc) is 2.65. The van der Waals surface area contributed by atoms with Gasteiger partial charge in [-0.25, -0.2) is 9.36 Å². The maximum atomic E-state index is 13.2. The first-order chi connectivity index (χ1) is 12.9. The molecule has 0 saturated heterocycles. The number of carbonyl (C=O) groups is 1. The first-order valence-corrected chi connectivity index (χ1v) is 9.03. The fourth-order valence-corrected chi connectivity index (χ4v) is 3.03. The lowest BCUT2D eigenvalue weighted by Crippen LogP contribution is -2.43. The highest BCUT2D eigenvalue weighted by molar-refractivity contribution is 5.82. The lowest BCUT2D eigenvalue weighted by atomic mass is 10.2. The minimum atomic E-state index is -0.524. The number of aryl methyl sites for hydroxylation is 1. The lowest BCUT2D eigenvalue weighted by Gasteiger charge is -2.16. The van der Waals surface area contributed by atoms with Gasteiger partial charge in [-0.05, 0) is 50.1 Å². The molecule has 0 aliphatic heterocycles. The molecule has 0 aliphatic rings. The first-order valence-electron chi connectivity index (χ1n) is 9.03. The molecule has 3 rings (SSSR count). The number of rotatable bonds is 5. The molecule has 27 heavy (non-hydrogen) atoms. The van der Waals surface area contributed by atoms with Crippen LogP contribution in [-0.4, -0.2) is 21.1 Å². The maximum absolute atomic E-state index is 13.2. The van der Waals surface area contributed by atoms with Crippen LogP contribution in [0.25, 0.3) is 16.6 Å². The molecule has 0 fully saturated rings. The van der Waals surface area contributed by atoms with E-state index in [4.69, 9.17) is 0 Å². The van der Waals surface area contributed by atoms with Crippen LogP contribution >= 0.6 is 0 Å². The van der Waals surface area contributed by atoms with E-state index in [0.29, 0.717) is 16.6 Å². The van der Waals surface area contributed by atoms with E-state index >= 15 is 0 Å². The van der Waals surface area contributed by atoms with Gasteiger partial charge in [-0.1, -0.05) is 31.2 Å². The van der Waals surface area contributed by atoms with Gasteiger partial charge in [0, 0.05) is 6.04 Å². The van der Waals surface area contributed by atoms with Crippen molar-refractivity contribution in [2.75, 3.05) is 0 Å². The van der Waals surface area contributed by atoms with Gasteiger partial charge >= 0.3 is 5.69 Å². The van der Waals surface area contributed by atoms with Gasteiger partial charge in [0.15, 0.2) is 0 Å². The predicted molar refractivity (Wildman–Crippen MR) is 106 cm³/mol. The zero-order chi connectivity index (χ0) is 19.6. The van der Waals surface area contributed by atoms with Crippen molar-refractivity contribution in [3.8, 4) is 5.69 Å². The van der Waals surface area contributed by atoms with E-state index in [0.717, 1.165) is 16.6 Å². The predicted octanol–water partition coefficient (Wildman–Crippen LogP) is 2.38. The molecule has 1 N–H and O–H groups in total. The summed E-state index contributed by atoms with van der Waals surface area (Å²) in [5, 5.41) is 3.26. The normalized spacial score (nSPS) is 12.1. The molecule has 0 radical (unpaired) electrons. The quantitative estimate of drug-likeness (QED) is 0.754. The number of hydrogen-bond acceptors (Lipinski definition) is 3. The van der Waals surface area contributed by atoms with E-state index in [2.05, 4.69) is 5.32 Å². The molecule has 6 heteroatoms. The Balaban J connectivity index is 2.22. The van der Waals surface area contributed by atoms with Crippen molar-refractivity contribution in [2.24, 2.45) is 0 Å². The summed E-state index contributed by atoms with van der Waals surface area (Å²) < 4.78 is 2.49. The first kappa shape index (κ1) is 18.6. The average molecular weight is 365 g/mol. The number of benzene rings is 2. The van der Waals surface area contributed by atoms with Crippen molar-refractivity contribution in [2.45, 2.75) is 39.8 Å². The number of nitrogens with one attached hydrogen (secondary N) is 1. The summed E-state index contributed by atoms with van der Waals surface area (Å²) in [5.74, 6) is -0.258. The fourth-order valence-electron chi connectivity index (χ4n) is 3.03. The minimum Gasteiger partial charge on any atom is -0.352 e. The molecule has 0 saturated carbocycles. The summed E-state index contributed by atoms with van der Waals surface area (Å²) in [6, 6.07) is 14.1. The van der Waals surface area contributed by atoms with E-state index in [-0.39, 0.29) is 24.1 Å². The van der Waals surface area contributed by atoms with Crippen molar-refractivity contribution in [3.05, 3.63) is 74.9 Å². The third-order valence-electron chi connectivity index (χ3n) is 4.63. The Kier molecular flexibility index (Phi) is 5.26. The van der Waals surface area contributed by atoms with Crippen LogP contribution in [0.3, 0.4) is 0 Å². The number of carbonyl (C=O) groups excluding carboxylic acids is 1. The number of para-hydroxylation sites is 1. The van der Waals surface area contributed by atoms with Gasteiger partial charge in [0.05, 0.1) is 16.6 Å². The van der Waals surface area contributed by atoms with Gasteiger partial charge < -0.3 is 5.32 Å². The number of nitrogens with zero attached hydrogens (tertiary/aromatic N) is 2. The van der Waals surface area contributed by atoms with Gasteiger partial charge in [0.1, 0.15) is 6.54 Å². The zero-order valence-electron chi connectivity index (χ0n) is 15.7. The van der Waals surface area contributed by atoms with Crippen LogP contribution < -0.4 is 16.6 Å². The van der Waals surface area contributed by atoms with Crippen LogP contribution in [0.4, 0.5) is 0 Å². The molecular formula is C21H23N3O3. The number of fused-ring (bicyclic) bond motifs is 1. The van der Waals surface area contributed by atoms with Gasteiger partial charge in [0.2, 0.25) is 5.91 Å². The highest BCUT2D eigenvalue weighted by Gasteiger charge is 2.17. The van der Waals surface area contributed by atoms with Crippen LogP contribution in [0.2, 0.25) is 0 Å². The van der Waals surface area contributed by atoms with E-state index in [1.54, 1.807) is 42.5 Å². The highest BCUT2D eigenvalue weighted by Crippen LogP contribution is 2.11.